The lowest BCUT2D eigenvalue weighted by Gasteiger charge is -2.32. The topological polar surface area (TPSA) is 79.8 Å². The number of urea groups is 1. The minimum atomic E-state index is -0.868. The highest BCUT2D eigenvalue weighted by atomic mass is 16.5. The minimum Gasteiger partial charge on any atom is -0.494 e. The van der Waals surface area contributed by atoms with Gasteiger partial charge in [0, 0.05) is 38.3 Å². The predicted octanol–water partition coefficient (Wildman–Crippen LogP) is 2.53. The standard InChI is InChI=1S/C17H26N2O4/c1-2-3-10-23-15-6-4-14(5-7-15)19-16(20)18-13-17(21)8-11-22-12-9-17/h4-7,21H,2-3,8-13H2,1H3,(H2,18,19,20). The zero-order valence-corrected chi connectivity index (χ0v) is 13.6. The van der Waals surface area contributed by atoms with Gasteiger partial charge in [-0.1, -0.05) is 13.3 Å². The molecule has 0 saturated carbocycles. The molecule has 3 N–H and O–H groups in total. The Kier molecular flexibility index (Phi) is 6.67. The highest BCUT2D eigenvalue weighted by Gasteiger charge is 2.30. The Labute approximate surface area is 137 Å². The van der Waals surface area contributed by atoms with Crippen molar-refractivity contribution in [3.8, 4) is 5.75 Å². The molecule has 1 fully saturated rings. The molecule has 6 nitrogen and oxygen atoms in total. The van der Waals surface area contributed by atoms with Crippen LogP contribution in [0.4, 0.5) is 10.5 Å². The van der Waals surface area contributed by atoms with Crippen LogP contribution in [-0.2, 0) is 4.74 Å². The number of carbonyl (C=O) groups excluding carboxylic acids is 1. The lowest BCUT2D eigenvalue weighted by atomic mass is 9.94. The fourth-order valence-electron chi connectivity index (χ4n) is 2.32. The van der Waals surface area contributed by atoms with Crippen molar-refractivity contribution in [2.24, 2.45) is 0 Å². The van der Waals surface area contributed by atoms with Crippen LogP contribution in [0.1, 0.15) is 32.6 Å². The van der Waals surface area contributed by atoms with Crippen LogP contribution in [0.2, 0.25) is 0 Å². The number of anilines is 1. The molecule has 2 rings (SSSR count). The van der Waals surface area contributed by atoms with Crippen molar-refractivity contribution in [2.45, 2.75) is 38.2 Å². The Balaban J connectivity index is 1.74. The average Bonchev–Trinajstić information content (AvgIpc) is 2.56. The van der Waals surface area contributed by atoms with E-state index >= 15 is 0 Å². The van der Waals surface area contributed by atoms with Gasteiger partial charge < -0.3 is 25.2 Å². The molecule has 0 atom stereocenters. The molecule has 0 aliphatic carbocycles. The number of amides is 2. The molecule has 1 saturated heterocycles. The molecule has 128 valence electrons. The average molecular weight is 322 g/mol. The van der Waals surface area contributed by atoms with Gasteiger partial charge in [0.2, 0.25) is 0 Å². The minimum absolute atomic E-state index is 0.223. The van der Waals surface area contributed by atoms with Crippen LogP contribution in [0.25, 0.3) is 0 Å². The van der Waals surface area contributed by atoms with Gasteiger partial charge in [0.25, 0.3) is 0 Å². The van der Waals surface area contributed by atoms with Crippen molar-refractivity contribution in [2.75, 3.05) is 31.7 Å². The first-order valence-corrected chi connectivity index (χ1v) is 8.19. The van der Waals surface area contributed by atoms with Gasteiger partial charge in [-0.2, -0.15) is 0 Å². The molecule has 0 spiro atoms. The highest BCUT2D eigenvalue weighted by molar-refractivity contribution is 5.89. The first-order chi connectivity index (χ1) is 11.1. The van der Waals surface area contributed by atoms with Crippen molar-refractivity contribution >= 4 is 11.7 Å². The van der Waals surface area contributed by atoms with E-state index in [0.29, 0.717) is 38.3 Å². The van der Waals surface area contributed by atoms with Crippen LogP contribution in [0.3, 0.4) is 0 Å². The molecule has 0 aromatic heterocycles. The number of rotatable bonds is 7. The first kappa shape index (κ1) is 17.6. The Morgan fingerprint density at radius 1 is 1.30 bits per heavy atom. The second-order valence-corrected chi connectivity index (χ2v) is 5.87. The van der Waals surface area contributed by atoms with Crippen LogP contribution in [0.5, 0.6) is 5.75 Å². The van der Waals surface area contributed by atoms with Crippen molar-refractivity contribution < 1.29 is 19.4 Å². The predicted molar refractivity (Wildman–Crippen MR) is 88.9 cm³/mol. The molecule has 1 aromatic rings. The number of hydrogen-bond donors (Lipinski definition) is 3. The van der Waals surface area contributed by atoms with Gasteiger partial charge >= 0.3 is 6.03 Å². The van der Waals surface area contributed by atoms with E-state index in [4.69, 9.17) is 9.47 Å². The third kappa shape index (κ3) is 6.08. The van der Waals surface area contributed by atoms with E-state index in [0.717, 1.165) is 18.6 Å². The number of carbonyl (C=O) groups is 1. The van der Waals surface area contributed by atoms with Crippen LogP contribution in [0.15, 0.2) is 24.3 Å². The van der Waals surface area contributed by atoms with Gasteiger partial charge in [-0.05, 0) is 30.7 Å². The smallest absolute Gasteiger partial charge is 0.319 e. The van der Waals surface area contributed by atoms with E-state index < -0.39 is 5.60 Å². The summed E-state index contributed by atoms with van der Waals surface area (Å²) in [6.45, 7) is 4.09. The van der Waals surface area contributed by atoms with Crippen molar-refractivity contribution in [1.29, 1.82) is 0 Å². The van der Waals surface area contributed by atoms with E-state index in [9.17, 15) is 9.90 Å². The molecule has 1 aliphatic rings. The van der Waals surface area contributed by atoms with E-state index in [1.165, 1.54) is 0 Å². The van der Waals surface area contributed by atoms with Gasteiger partial charge in [-0.15, -0.1) is 0 Å². The molecule has 6 heteroatoms. The highest BCUT2D eigenvalue weighted by Crippen LogP contribution is 2.19. The summed E-state index contributed by atoms with van der Waals surface area (Å²) in [4.78, 5) is 11.9. The zero-order valence-electron chi connectivity index (χ0n) is 13.6. The summed E-state index contributed by atoms with van der Waals surface area (Å²) in [5.74, 6) is 0.793. The van der Waals surface area contributed by atoms with E-state index in [1.54, 1.807) is 12.1 Å². The summed E-state index contributed by atoms with van der Waals surface area (Å²) in [7, 11) is 0. The Hall–Kier alpha value is -1.79. The summed E-state index contributed by atoms with van der Waals surface area (Å²) in [5.41, 5.74) is -0.184. The first-order valence-electron chi connectivity index (χ1n) is 8.19. The second kappa shape index (κ2) is 8.74. The molecular weight excluding hydrogens is 296 g/mol. The molecule has 23 heavy (non-hydrogen) atoms. The maximum absolute atomic E-state index is 11.9. The summed E-state index contributed by atoms with van der Waals surface area (Å²) >= 11 is 0. The van der Waals surface area contributed by atoms with Crippen molar-refractivity contribution in [3.05, 3.63) is 24.3 Å². The lowest BCUT2D eigenvalue weighted by molar-refractivity contribution is -0.0598. The van der Waals surface area contributed by atoms with E-state index in [2.05, 4.69) is 17.6 Å². The number of ether oxygens (including phenoxy) is 2. The monoisotopic (exact) mass is 322 g/mol. The Morgan fingerprint density at radius 2 is 2.00 bits per heavy atom. The van der Waals surface area contributed by atoms with Crippen LogP contribution < -0.4 is 15.4 Å². The molecule has 0 unspecified atom stereocenters. The van der Waals surface area contributed by atoms with E-state index in [1.807, 2.05) is 12.1 Å². The fourth-order valence-corrected chi connectivity index (χ4v) is 2.32. The number of benzene rings is 1. The summed E-state index contributed by atoms with van der Waals surface area (Å²) in [6, 6.07) is 6.92. The SMILES string of the molecule is CCCCOc1ccc(NC(=O)NCC2(O)CCOCC2)cc1. The van der Waals surface area contributed by atoms with E-state index in [-0.39, 0.29) is 12.6 Å². The number of nitrogens with one attached hydrogen (secondary N) is 2. The maximum Gasteiger partial charge on any atom is 0.319 e. The molecule has 0 radical (unpaired) electrons. The zero-order chi connectivity index (χ0) is 16.5. The molecule has 2 amide bonds. The lowest BCUT2D eigenvalue weighted by Crippen LogP contribution is -2.47. The molecule has 1 aromatic carbocycles. The third-order valence-corrected chi connectivity index (χ3v) is 3.88. The number of hydrogen-bond acceptors (Lipinski definition) is 4. The van der Waals surface area contributed by atoms with Gasteiger partial charge in [0.1, 0.15) is 5.75 Å². The van der Waals surface area contributed by atoms with Gasteiger partial charge in [0.05, 0.1) is 12.2 Å². The quantitative estimate of drug-likeness (QED) is 0.674. The Morgan fingerprint density at radius 3 is 2.65 bits per heavy atom. The molecule has 1 heterocycles. The summed E-state index contributed by atoms with van der Waals surface area (Å²) < 4.78 is 10.8. The summed E-state index contributed by atoms with van der Waals surface area (Å²) in [5, 5.41) is 15.7. The number of aliphatic hydroxyl groups is 1. The second-order valence-electron chi connectivity index (χ2n) is 5.87. The third-order valence-electron chi connectivity index (χ3n) is 3.88. The molecule has 1 aliphatic heterocycles. The van der Waals surface area contributed by atoms with Gasteiger partial charge in [0.15, 0.2) is 0 Å². The fraction of sp³-hybridized carbons (Fsp3) is 0.588. The van der Waals surface area contributed by atoms with Crippen LogP contribution in [-0.4, -0.2) is 43.1 Å². The van der Waals surface area contributed by atoms with Gasteiger partial charge in [-0.25, -0.2) is 4.79 Å². The van der Waals surface area contributed by atoms with Gasteiger partial charge in [-0.3, -0.25) is 0 Å². The molecule has 0 bridgehead atoms. The summed E-state index contributed by atoms with van der Waals surface area (Å²) in [6.07, 6.45) is 3.20. The maximum atomic E-state index is 11.9. The Bertz CT molecular complexity index is 484. The van der Waals surface area contributed by atoms with Crippen LogP contribution >= 0.6 is 0 Å². The van der Waals surface area contributed by atoms with Crippen molar-refractivity contribution in [3.63, 3.8) is 0 Å². The largest absolute Gasteiger partial charge is 0.494 e. The van der Waals surface area contributed by atoms with Crippen molar-refractivity contribution in [1.82, 2.24) is 5.32 Å². The molecular formula is C17H26N2O4. The normalized spacial score (nSPS) is 16.6. The number of unbranched alkanes of at least 4 members (excludes halogenated alkanes) is 1. The van der Waals surface area contributed by atoms with Crippen LogP contribution in [0, 0.1) is 0 Å².